The summed E-state index contributed by atoms with van der Waals surface area (Å²) < 4.78 is 11.1. The van der Waals surface area contributed by atoms with E-state index in [1.165, 1.54) is 12.7 Å². The van der Waals surface area contributed by atoms with Gasteiger partial charge in [-0.15, -0.1) is 0 Å². The van der Waals surface area contributed by atoms with E-state index in [1.54, 1.807) is 0 Å². The first-order chi connectivity index (χ1) is 29.3. The number of hydrogen-bond acceptors (Lipinski definition) is 12. The quantitative estimate of drug-likeness (QED) is 0.0156. The second-order valence-corrected chi connectivity index (χ2v) is 13.3. The fourth-order valence-electron chi connectivity index (χ4n) is 5.56. The number of unbranched alkanes of at least 4 members (excludes halogenated alkanes) is 1. The van der Waals surface area contributed by atoms with Crippen LogP contribution in [0, 0.1) is 0 Å². The zero-order chi connectivity index (χ0) is 41.8. The van der Waals surface area contributed by atoms with Crippen LogP contribution in [-0.4, -0.2) is 81.2 Å². The predicted octanol–water partition coefficient (Wildman–Crippen LogP) is 7.14. The Balaban J connectivity index is 0.754. The molecule has 0 fully saturated rings. The molecule has 4 aromatic carbocycles. The Morgan fingerprint density at radius 2 is 1.02 bits per heavy atom. The molecule has 0 radical (unpaired) electrons. The van der Waals surface area contributed by atoms with Crippen molar-refractivity contribution in [3.63, 3.8) is 0 Å². The second kappa shape index (κ2) is 22.6. The zero-order valence-corrected chi connectivity index (χ0v) is 32.8. The number of hydrogen-bond donors (Lipinski definition) is 8. The molecule has 0 saturated carbocycles. The minimum atomic E-state index is -0.561. The van der Waals surface area contributed by atoms with Gasteiger partial charge >= 0.3 is 18.2 Å². The van der Waals surface area contributed by atoms with Gasteiger partial charge in [0.25, 0.3) is 0 Å². The SMILES string of the molecule is CC(COC(=O)Nc1ccc(Cc2ccc(NC(=O)Nc3ncn[nH]3)cc2)cc1)OCCCCOOCNc1ccc(Cc2ccc(NC(=O)Nc3ncn[nH]3)cc2)cc1. The number of urea groups is 2. The van der Waals surface area contributed by atoms with E-state index in [1.807, 2.05) is 104 Å². The highest BCUT2D eigenvalue weighted by Gasteiger charge is 2.10. The Morgan fingerprint density at radius 1 is 0.567 bits per heavy atom. The van der Waals surface area contributed by atoms with Crippen molar-refractivity contribution in [1.29, 1.82) is 0 Å². The summed E-state index contributed by atoms with van der Waals surface area (Å²) in [5, 5.41) is 29.0. The molecule has 0 saturated heterocycles. The number of nitrogens with zero attached hydrogens (tertiary/aromatic N) is 4. The molecular weight excluding hydrogens is 773 g/mol. The number of rotatable bonds is 21. The number of carbonyl (C=O) groups excluding carboxylic acids is 3. The van der Waals surface area contributed by atoms with Crippen LogP contribution >= 0.6 is 0 Å². The van der Waals surface area contributed by atoms with E-state index in [0.29, 0.717) is 36.7 Å². The first-order valence-corrected chi connectivity index (χ1v) is 19.1. The second-order valence-electron chi connectivity index (χ2n) is 13.3. The molecule has 19 nitrogen and oxygen atoms in total. The summed E-state index contributed by atoms with van der Waals surface area (Å²) in [4.78, 5) is 54.7. The van der Waals surface area contributed by atoms with Gasteiger partial charge in [-0.3, -0.25) is 16.0 Å². The van der Waals surface area contributed by atoms with Crippen LogP contribution in [-0.2, 0) is 32.1 Å². The first-order valence-electron chi connectivity index (χ1n) is 19.1. The Kier molecular flexibility index (Phi) is 15.9. The Morgan fingerprint density at radius 3 is 1.48 bits per heavy atom. The van der Waals surface area contributed by atoms with Gasteiger partial charge in [0, 0.05) is 29.4 Å². The molecule has 19 heteroatoms. The molecule has 5 amide bonds. The molecule has 0 spiro atoms. The zero-order valence-electron chi connectivity index (χ0n) is 32.8. The molecule has 6 rings (SSSR count). The topological polar surface area (TPSA) is 243 Å². The van der Waals surface area contributed by atoms with Crippen molar-refractivity contribution < 1.29 is 33.6 Å². The highest BCUT2D eigenvalue weighted by atomic mass is 17.2. The van der Waals surface area contributed by atoms with Crippen LogP contribution in [0.1, 0.15) is 42.0 Å². The van der Waals surface area contributed by atoms with Gasteiger partial charge in [0.2, 0.25) is 11.9 Å². The number of nitrogens with one attached hydrogen (secondary N) is 8. The molecule has 6 aromatic rings. The summed E-state index contributed by atoms with van der Waals surface area (Å²) in [7, 11) is 0. The largest absolute Gasteiger partial charge is 0.447 e. The standard InChI is InChI=1S/C41H46N12O7/c1-28(24-58-41(56)49-36-18-10-32(11-19-36)23-31-8-16-35(17-9-31)48-40(55)51-38-43-26-46-53-38)57-20-2-3-21-59-60-27-44-33-12-4-29(5-13-33)22-30-6-14-34(15-7-30)47-39(54)50-37-42-25-45-52-37/h4-19,25-26,28,44H,2-3,20-24,27H2,1H3,(H,49,56)(H3,42,45,47,50,52,54)(H3,43,46,48,51,53,55). The third-order valence-corrected chi connectivity index (χ3v) is 8.58. The van der Waals surface area contributed by atoms with Crippen molar-refractivity contribution in [2.45, 2.75) is 38.7 Å². The van der Waals surface area contributed by atoms with Crippen molar-refractivity contribution in [1.82, 2.24) is 30.4 Å². The predicted molar refractivity (Wildman–Crippen MR) is 225 cm³/mol. The third-order valence-electron chi connectivity index (χ3n) is 8.58. The molecule has 1 atom stereocenters. The monoisotopic (exact) mass is 818 g/mol. The molecule has 0 aliphatic heterocycles. The molecule has 2 aromatic heterocycles. The number of aromatic nitrogens is 6. The fourth-order valence-corrected chi connectivity index (χ4v) is 5.56. The van der Waals surface area contributed by atoms with Crippen LogP contribution in [0.25, 0.3) is 0 Å². The lowest BCUT2D eigenvalue weighted by molar-refractivity contribution is -0.290. The maximum Gasteiger partial charge on any atom is 0.411 e. The highest BCUT2D eigenvalue weighted by Crippen LogP contribution is 2.18. The maximum absolute atomic E-state index is 12.3. The van der Waals surface area contributed by atoms with E-state index in [0.717, 1.165) is 47.2 Å². The lowest BCUT2D eigenvalue weighted by atomic mass is 10.0. The van der Waals surface area contributed by atoms with Crippen molar-refractivity contribution in [2.75, 3.05) is 58.5 Å². The molecule has 2 heterocycles. The summed E-state index contributed by atoms with van der Waals surface area (Å²) in [6, 6.07) is 29.8. The average molecular weight is 819 g/mol. The van der Waals surface area contributed by atoms with E-state index in [9.17, 15) is 14.4 Å². The summed E-state index contributed by atoms with van der Waals surface area (Å²) >= 11 is 0. The van der Waals surface area contributed by atoms with Gasteiger partial charge in [-0.2, -0.15) is 20.2 Å². The van der Waals surface area contributed by atoms with E-state index >= 15 is 0 Å². The van der Waals surface area contributed by atoms with Crippen molar-refractivity contribution in [3.05, 3.63) is 132 Å². The molecule has 8 N–H and O–H groups in total. The number of benzene rings is 4. The summed E-state index contributed by atoms with van der Waals surface area (Å²) in [5.74, 6) is 0.521. The van der Waals surface area contributed by atoms with E-state index < -0.39 is 18.2 Å². The average Bonchev–Trinajstić information content (AvgIpc) is 3.97. The fraction of sp³-hybridized carbons (Fsp3) is 0.244. The number of ether oxygens (including phenoxy) is 2. The smallest absolute Gasteiger partial charge is 0.411 e. The van der Waals surface area contributed by atoms with Gasteiger partial charge in [-0.25, -0.2) is 34.4 Å². The van der Waals surface area contributed by atoms with E-state index in [2.05, 4.69) is 62.3 Å². The number of H-pyrrole nitrogens is 2. The Hall–Kier alpha value is -7.35. The lowest BCUT2D eigenvalue weighted by Gasteiger charge is -2.14. The van der Waals surface area contributed by atoms with Crippen LogP contribution in [0.5, 0.6) is 0 Å². The highest BCUT2D eigenvalue weighted by molar-refractivity contribution is 5.99. The molecule has 0 aliphatic carbocycles. The van der Waals surface area contributed by atoms with Crippen LogP contribution in [0.2, 0.25) is 0 Å². The molecule has 1 unspecified atom stereocenters. The summed E-state index contributed by atoms with van der Waals surface area (Å²) in [6.07, 6.45) is 4.68. The minimum absolute atomic E-state index is 0.113. The van der Waals surface area contributed by atoms with Gasteiger partial charge in [-0.05, 0) is 103 Å². The number of carbonyl (C=O) groups is 3. The van der Waals surface area contributed by atoms with Gasteiger partial charge in [0.15, 0.2) is 6.73 Å². The Bertz CT molecular complexity index is 2190. The first kappa shape index (κ1) is 42.3. The van der Waals surface area contributed by atoms with Gasteiger partial charge in [-0.1, -0.05) is 48.5 Å². The van der Waals surface area contributed by atoms with E-state index in [4.69, 9.17) is 19.2 Å². The van der Waals surface area contributed by atoms with Crippen LogP contribution < -0.4 is 31.9 Å². The van der Waals surface area contributed by atoms with Crippen molar-refractivity contribution in [3.8, 4) is 0 Å². The maximum atomic E-state index is 12.3. The molecule has 0 bridgehead atoms. The lowest BCUT2D eigenvalue weighted by Crippen LogP contribution is -2.22. The van der Waals surface area contributed by atoms with Crippen LogP contribution in [0.3, 0.4) is 0 Å². The van der Waals surface area contributed by atoms with E-state index in [-0.39, 0.29) is 31.3 Å². The molecule has 60 heavy (non-hydrogen) atoms. The molecule has 312 valence electrons. The van der Waals surface area contributed by atoms with Gasteiger partial charge < -0.3 is 25.4 Å². The number of anilines is 6. The normalized spacial score (nSPS) is 11.3. The minimum Gasteiger partial charge on any atom is -0.447 e. The molecular formula is C41H46N12O7. The summed E-state index contributed by atoms with van der Waals surface area (Å²) in [6.45, 7) is 3.05. The summed E-state index contributed by atoms with van der Waals surface area (Å²) in [5.41, 5.74) is 7.16. The van der Waals surface area contributed by atoms with Crippen LogP contribution in [0.4, 0.5) is 49.0 Å². The van der Waals surface area contributed by atoms with Crippen molar-refractivity contribution >= 4 is 52.8 Å². The molecule has 0 aliphatic rings. The van der Waals surface area contributed by atoms with Crippen LogP contribution in [0.15, 0.2) is 110 Å². The van der Waals surface area contributed by atoms with Gasteiger partial charge in [0.1, 0.15) is 19.3 Å². The number of aromatic amines is 2. The third kappa shape index (κ3) is 14.9. The number of amides is 5. The van der Waals surface area contributed by atoms with Gasteiger partial charge in [0.05, 0.1) is 12.7 Å². The van der Waals surface area contributed by atoms with Crippen molar-refractivity contribution in [2.24, 2.45) is 0 Å². The Labute approximate surface area is 345 Å².